The van der Waals surface area contributed by atoms with Gasteiger partial charge in [0, 0.05) is 40.4 Å². The highest BCUT2D eigenvalue weighted by Crippen LogP contribution is 2.38. The van der Waals surface area contributed by atoms with Crippen LogP contribution >= 0.6 is 11.8 Å². The van der Waals surface area contributed by atoms with Crippen LogP contribution in [-0.4, -0.2) is 53.5 Å². The molecule has 0 unspecified atom stereocenters. The fraction of sp³-hybridized carbons (Fsp3) is 0.429. The van der Waals surface area contributed by atoms with E-state index in [0.29, 0.717) is 74.9 Å². The molecule has 0 aliphatic carbocycles. The fourth-order valence-corrected chi connectivity index (χ4v) is 6.10. The van der Waals surface area contributed by atoms with Crippen molar-refractivity contribution in [1.29, 1.82) is 0 Å². The van der Waals surface area contributed by atoms with E-state index >= 15 is 0 Å². The summed E-state index contributed by atoms with van der Waals surface area (Å²) >= 11 is 1.04. The molecule has 1 fully saturated rings. The van der Waals surface area contributed by atoms with Gasteiger partial charge in [0.25, 0.3) is 0 Å². The third kappa shape index (κ3) is 6.23. The molecule has 204 valence electrons. The zero-order chi connectivity index (χ0) is 27.3. The van der Waals surface area contributed by atoms with Crippen molar-refractivity contribution in [2.24, 2.45) is 5.41 Å². The molecule has 10 heteroatoms. The van der Waals surface area contributed by atoms with Crippen LogP contribution < -0.4 is 4.74 Å². The summed E-state index contributed by atoms with van der Waals surface area (Å²) in [6, 6.07) is 6.95. The van der Waals surface area contributed by atoms with Crippen LogP contribution in [0.2, 0.25) is 0 Å². The molecule has 4 rings (SSSR count). The second-order valence-electron chi connectivity index (χ2n) is 9.61. The molecule has 0 saturated carbocycles. The first-order valence-electron chi connectivity index (χ1n) is 12.5. The molecule has 3 aromatic rings. The van der Waals surface area contributed by atoms with Crippen molar-refractivity contribution in [1.82, 2.24) is 9.88 Å². The van der Waals surface area contributed by atoms with E-state index in [-0.39, 0.29) is 4.90 Å². The van der Waals surface area contributed by atoms with E-state index in [1.165, 1.54) is 6.20 Å². The van der Waals surface area contributed by atoms with Crippen LogP contribution in [0.3, 0.4) is 0 Å². The molecule has 38 heavy (non-hydrogen) atoms. The molecule has 0 bridgehead atoms. The number of likely N-dealkylation sites (tertiary alicyclic amines) is 1. The molecule has 1 N–H and O–H groups in total. The van der Waals surface area contributed by atoms with Gasteiger partial charge in [-0.05, 0) is 75.0 Å². The van der Waals surface area contributed by atoms with Crippen LogP contribution in [0.25, 0.3) is 10.9 Å². The number of carboxylic acid groups (broad SMARTS) is 1. The van der Waals surface area contributed by atoms with Crippen molar-refractivity contribution >= 4 is 28.6 Å². The van der Waals surface area contributed by atoms with Crippen LogP contribution in [0, 0.1) is 22.9 Å². The monoisotopic (exact) mass is 550 g/mol. The summed E-state index contributed by atoms with van der Waals surface area (Å²) in [5.41, 5.74) is 1.18. The molecule has 2 heterocycles. The summed E-state index contributed by atoms with van der Waals surface area (Å²) in [5.74, 6) is -2.87. The van der Waals surface area contributed by atoms with E-state index in [1.54, 1.807) is 13.2 Å². The lowest BCUT2D eigenvalue weighted by atomic mass is 9.74. The van der Waals surface area contributed by atoms with Crippen LogP contribution in [-0.2, 0) is 17.9 Å². The molecule has 1 aromatic heterocycles. The number of nitrogens with zero attached hydrogens (tertiary/aromatic N) is 2. The Hall–Kier alpha value is -2.85. The second-order valence-corrected chi connectivity index (χ2v) is 10.7. The smallest absolute Gasteiger partial charge is 0.309 e. The quantitative estimate of drug-likeness (QED) is 0.169. The highest BCUT2D eigenvalue weighted by atomic mass is 32.2. The lowest BCUT2D eigenvalue weighted by molar-refractivity contribution is -0.152. The number of aryl methyl sites for hydroxylation is 1. The molecule has 1 saturated heterocycles. The normalized spacial score (nSPS) is 15.6. The van der Waals surface area contributed by atoms with Gasteiger partial charge in [-0.15, -0.1) is 11.8 Å². The molecule has 0 radical (unpaired) electrons. The summed E-state index contributed by atoms with van der Waals surface area (Å²) in [6.07, 6.45) is 4.01. The van der Waals surface area contributed by atoms with E-state index in [0.717, 1.165) is 34.3 Å². The van der Waals surface area contributed by atoms with Gasteiger partial charge >= 0.3 is 5.97 Å². The number of alkyl halides is 1. The molecule has 0 amide bonds. The maximum atomic E-state index is 13.9. The number of fused-ring (bicyclic) bond motifs is 1. The third-order valence-electron chi connectivity index (χ3n) is 7.39. The number of aliphatic carboxylic acids is 1. The molecule has 5 nitrogen and oxygen atoms in total. The number of piperidine rings is 1. The third-order valence-corrected chi connectivity index (χ3v) is 8.39. The first-order valence-corrected chi connectivity index (χ1v) is 13.5. The van der Waals surface area contributed by atoms with Crippen LogP contribution in [0.5, 0.6) is 5.75 Å². The number of halogens is 4. The number of hydrogen-bond acceptors (Lipinski definition) is 5. The van der Waals surface area contributed by atoms with E-state index in [1.807, 2.05) is 12.1 Å². The van der Waals surface area contributed by atoms with Gasteiger partial charge in [0.05, 0.1) is 18.0 Å². The Morgan fingerprint density at radius 1 is 1.18 bits per heavy atom. The summed E-state index contributed by atoms with van der Waals surface area (Å²) < 4.78 is 59.8. The number of aromatic nitrogens is 1. The molecule has 2 aromatic carbocycles. The minimum Gasteiger partial charge on any atom is -0.497 e. The molecule has 1 aliphatic rings. The Bertz CT molecular complexity index is 1290. The van der Waals surface area contributed by atoms with Crippen LogP contribution in [0.1, 0.15) is 36.8 Å². The summed E-state index contributed by atoms with van der Waals surface area (Å²) in [5, 5.41) is 10.9. The largest absolute Gasteiger partial charge is 0.497 e. The maximum Gasteiger partial charge on any atom is 0.309 e. The molecular weight excluding hydrogens is 520 g/mol. The zero-order valence-electron chi connectivity index (χ0n) is 21.1. The van der Waals surface area contributed by atoms with Crippen LogP contribution in [0.15, 0.2) is 41.4 Å². The van der Waals surface area contributed by atoms with E-state index in [9.17, 15) is 27.5 Å². The van der Waals surface area contributed by atoms with E-state index in [2.05, 4.69) is 9.88 Å². The Morgan fingerprint density at radius 3 is 2.63 bits per heavy atom. The number of rotatable bonds is 11. The van der Waals surface area contributed by atoms with E-state index < -0.39 is 35.5 Å². The summed E-state index contributed by atoms with van der Waals surface area (Å²) in [4.78, 5) is 18.7. The summed E-state index contributed by atoms with van der Waals surface area (Å²) in [6.45, 7) is 0.997. The van der Waals surface area contributed by atoms with Crippen LogP contribution in [0.4, 0.5) is 17.6 Å². The fourth-order valence-electron chi connectivity index (χ4n) is 5.11. The predicted molar refractivity (Wildman–Crippen MR) is 139 cm³/mol. The Kier molecular flexibility index (Phi) is 9.15. The Balaban J connectivity index is 1.35. The van der Waals surface area contributed by atoms with Crippen molar-refractivity contribution in [3.63, 3.8) is 0 Å². The van der Waals surface area contributed by atoms with Crippen molar-refractivity contribution in [2.75, 3.05) is 32.5 Å². The summed E-state index contributed by atoms with van der Waals surface area (Å²) in [7, 11) is 1.56. The van der Waals surface area contributed by atoms with Gasteiger partial charge in [-0.25, -0.2) is 17.6 Å². The molecule has 1 aliphatic heterocycles. The molecule has 0 spiro atoms. The lowest BCUT2D eigenvalue weighted by Crippen LogP contribution is -2.45. The number of pyridine rings is 1. The van der Waals surface area contributed by atoms with Gasteiger partial charge in [0.1, 0.15) is 18.2 Å². The van der Waals surface area contributed by atoms with Gasteiger partial charge in [-0.1, -0.05) is 0 Å². The van der Waals surface area contributed by atoms with Gasteiger partial charge in [-0.3, -0.25) is 9.78 Å². The number of thioether (sulfide) groups is 1. The average Bonchev–Trinajstić information content (AvgIpc) is 2.91. The number of methoxy groups -OCH3 is 1. The predicted octanol–water partition coefficient (Wildman–Crippen LogP) is 6.41. The topological polar surface area (TPSA) is 62.7 Å². The van der Waals surface area contributed by atoms with Crippen molar-refractivity contribution in [3.8, 4) is 5.75 Å². The van der Waals surface area contributed by atoms with Gasteiger partial charge < -0.3 is 14.7 Å². The number of benzene rings is 2. The number of ether oxygens (including phenoxy) is 1. The van der Waals surface area contributed by atoms with Gasteiger partial charge in [0.2, 0.25) is 0 Å². The number of carbonyl (C=O) groups is 1. The van der Waals surface area contributed by atoms with Gasteiger partial charge in [-0.2, -0.15) is 0 Å². The zero-order valence-corrected chi connectivity index (χ0v) is 21.9. The standard InChI is InChI=1S/C28H30F4N2O3S/c1-37-20-4-5-24-22(15-20)21(18(16-29)17-33-24)3-2-6-28(27(35)36)7-9-34(10-8-28)11-12-38-25-14-19(30)13-23(31)26(25)32/h4-5,13-15,17H,2-3,6-12,16H2,1H3,(H,35,36). The van der Waals surface area contributed by atoms with Gasteiger partial charge in [0.15, 0.2) is 11.6 Å². The number of hydrogen-bond donors (Lipinski definition) is 1. The second kappa shape index (κ2) is 12.3. The molecule has 0 atom stereocenters. The maximum absolute atomic E-state index is 13.9. The first kappa shape index (κ1) is 28.2. The lowest BCUT2D eigenvalue weighted by Gasteiger charge is -2.39. The highest BCUT2D eigenvalue weighted by molar-refractivity contribution is 7.99. The minimum atomic E-state index is -1.21. The van der Waals surface area contributed by atoms with Crippen molar-refractivity contribution in [2.45, 2.75) is 43.7 Å². The first-order chi connectivity index (χ1) is 18.3. The Morgan fingerprint density at radius 2 is 1.95 bits per heavy atom. The average molecular weight is 551 g/mol. The highest BCUT2D eigenvalue weighted by Gasteiger charge is 2.40. The van der Waals surface area contributed by atoms with Crippen molar-refractivity contribution in [3.05, 3.63) is 65.1 Å². The van der Waals surface area contributed by atoms with Crippen molar-refractivity contribution < 1.29 is 32.2 Å². The Labute approximate surface area is 223 Å². The molecular formula is C28H30F4N2O3S. The minimum absolute atomic E-state index is 0.0757. The SMILES string of the molecule is COc1ccc2ncc(CF)c(CCCC3(C(=O)O)CCN(CCSc4cc(F)cc(F)c4F)CC3)c2c1. The van der Waals surface area contributed by atoms with E-state index in [4.69, 9.17) is 4.74 Å². The number of carboxylic acids is 1.